The number of unbranched alkanes of at least 4 members (excludes halogenated alkanes) is 1. The van der Waals surface area contributed by atoms with E-state index in [1.165, 1.54) is 12.1 Å². The average molecular weight is 527 g/mol. The van der Waals surface area contributed by atoms with Crippen LogP contribution in [-0.4, -0.2) is 18.9 Å². The van der Waals surface area contributed by atoms with Crippen LogP contribution in [0, 0.1) is 17.7 Å². The quantitative estimate of drug-likeness (QED) is 0.170. The molecule has 0 aromatic heterocycles. The van der Waals surface area contributed by atoms with Gasteiger partial charge in [0.25, 0.3) is 0 Å². The van der Waals surface area contributed by atoms with Gasteiger partial charge in [0.15, 0.2) is 15.6 Å². The first-order chi connectivity index (χ1) is 16.8. The Morgan fingerprint density at radius 1 is 1.03 bits per heavy atom. The third-order valence-corrected chi connectivity index (χ3v) is 10.1. The van der Waals surface area contributed by atoms with Gasteiger partial charge in [-0.2, -0.15) is 13.2 Å². The molecule has 1 saturated carbocycles. The molecular formula is C28H34F4O3S. The number of aryl methyl sites for hydroxylation is 1. The van der Waals surface area contributed by atoms with E-state index in [2.05, 4.69) is 0 Å². The topological polar surface area (TPSA) is 51.2 Å². The first kappa shape index (κ1) is 28.4. The van der Waals surface area contributed by atoms with E-state index in [-0.39, 0.29) is 22.4 Å². The second kappa shape index (κ2) is 11.0. The van der Waals surface area contributed by atoms with Gasteiger partial charge >= 0.3 is 6.18 Å². The minimum absolute atomic E-state index is 0.0863. The van der Waals surface area contributed by atoms with E-state index in [0.29, 0.717) is 55.2 Å². The molecule has 1 aliphatic carbocycles. The summed E-state index contributed by atoms with van der Waals surface area (Å²) in [5.74, 6) is -0.247. The summed E-state index contributed by atoms with van der Waals surface area (Å²) in [6.45, 7) is 5.15. The molecule has 8 heteroatoms. The van der Waals surface area contributed by atoms with Gasteiger partial charge < -0.3 is 0 Å². The fourth-order valence-corrected chi connectivity index (χ4v) is 6.74. The van der Waals surface area contributed by atoms with Crippen LogP contribution in [0.4, 0.5) is 17.6 Å². The zero-order valence-corrected chi connectivity index (χ0v) is 21.8. The first-order valence-electron chi connectivity index (χ1n) is 12.5. The summed E-state index contributed by atoms with van der Waals surface area (Å²) >= 11 is 0. The van der Waals surface area contributed by atoms with Crippen molar-refractivity contribution in [1.82, 2.24) is 0 Å². The molecule has 0 spiro atoms. The van der Waals surface area contributed by atoms with Gasteiger partial charge in [0.05, 0.1) is 15.2 Å². The molecule has 2 aromatic rings. The van der Waals surface area contributed by atoms with Crippen LogP contribution >= 0.6 is 0 Å². The van der Waals surface area contributed by atoms with Crippen molar-refractivity contribution in [3.8, 4) is 0 Å². The SMILES string of the molecule is CCCc1ccc(C(=O)CCCCC2CC(C(C)(C)S(=O)(=O)c3cccc(C(F)(F)F)c3)C2)cc1F. The molecule has 0 radical (unpaired) electrons. The van der Waals surface area contributed by atoms with Crippen molar-refractivity contribution in [3.63, 3.8) is 0 Å². The van der Waals surface area contributed by atoms with Crippen molar-refractivity contribution < 1.29 is 30.8 Å². The van der Waals surface area contributed by atoms with Gasteiger partial charge in [-0.25, -0.2) is 12.8 Å². The molecule has 3 rings (SSSR count). The molecule has 2 aromatic carbocycles. The highest BCUT2D eigenvalue weighted by Gasteiger charge is 2.48. The van der Waals surface area contributed by atoms with E-state index in [1.54, 1.807) is 26.0 Å². The van der Waals surface area contributed by atoms with Gasteiger partial charge in [-0.05, 0) is 81.2 Å². The molecule has 198 valence electrons. The van der Waals surface area contributed by atoms with E-state index in [0.717, 1.165) is 31.4 Å². The van der Waals surface area contributed by atoms with E-state index in [1.807, 2.05) is 6.92 Å². The number of hydrogen-bond donors (Lipinski definition) is 0. The molecule has 3 nitrogen and oxygen atoms in total. The largest absolute Gasteiger partial charge is 0.416 e. The van der Waals surface area contributed by atoms with Crippen LogP contribution in [0.1, 0.15) is 87.2 Å². The van der Waals surface area contributed by atoms with Crippen molar-refractivity contribution in [2.45, 2.75) is 88.0 Å². The van der Waals surface area contributed by atoms with Crippen LogP contribution in [-0.2, 0) is 22.4 Å². The number of carbonyl (C=O) groups excluding carboxylic acids is 1. The lowest BCUT2D eigenvalue weighted by Gasteiger charge is -2.45. The monoisotopic (exact) mass is 526 g/mol. The van der Waals surface area contributed by atoms with Gasteiger partial charge in [0.2, 0.25) is 0 Å². The standard InChI is InChI=1S/C28H34F4O3S/c1-4-8-20-13-14-21(17-25(20)29)26(33)12-6-5-9-19-15-23(16-19)27(2,3)36(34,35)24-11-7-10-22(18-24)28(30,31)32/h7,10-11,13-14,17-19,23H,4-6,8-9,12,15-16H2,1-3H3. The van der Waals surface area contributed by atoms with Crippen LogP contribution in [0.15, 0.2) is 47.4 Å². The smallest absolute Gasteiger partial charge is 0.294 e. The zero-order valence-electron chi connectivity index (χ0n) is 21.0. The lowest BCUT2D eigenvalue weighted by Crippen LogP contribution is -2.46. The van der Waals surface area contributed by atoms with Crippen molar-refractivity contribution >= 4 is 15.6 Å². The predicted molar refractivity (Wildman–Crippen MR) is 132 cm³/mol. The second-order valence-electron chi connectivity index (χ2n) is 10.4. The van der Waals surface area contributed by atoms with Gasteiger partial charge in [-0.3, -0.25) is 4.79 Å². The summed E-state index contributed by atoms with van der Waals surface area (Å²) in [5, 5.41) is 0. The molecule has 0 aliphatic heterocycles. The Morgan fingerprint density at radius 2 is 1.72 bits per heavy atom. The summed E-state index contributed by atoms with van der Waals surface area (Å²) in [5.41, 5.74) is 0.0317. The zero-order chi connectivity index (χ0) is 26.7. The normalized spacial score (nSPS) is 18.6. The van der Waals surface area contributed by atoms with Gasteiger partial charge in [-0.15, -0.1) is 0 Å². The Balaban J connectivity index is 1.48. The molecule has 1 fully saturated rings. The highest BCUT2D eigenvalue weighted by Crippen LogP contribution is 2.48. The van der Waals surface area contributed by atoms with Crippen LogP contribution in [0.2, 0.25) is 0 Å². The van der Waals surface area contributed by atoms with Crippen molar-refractivity contribution in [3.05, 3.63) is 65.0 Å². The third kappa shape index (κ3) is 6.18. The second-order valence-corrected chi connectivity index (χ2v) is 12.9. The van der Waals surface area contributed by atoms with E-state index < -0.39 is 26.3 Å². The fraction of sp³-hybridized carbons (Fsp3) is 0.536. The van der Waals surface area contributed by atoms with Crippen LogP contribution in [0.5, 0.6) is 0 Å². The summed E-state index contributed by atoms with van der Waals surface area (Å²) in [6.07, 6.45) is 0.898. The maximum absolute atomic E-state index is 14.1. The van der Waals surface area contributed by atoms with E-state index in [4.69, 9.17) is 0 Å². The third-order valence-electron chi connectivity index (χ3n) is 7.54. The number of hydrogen-bond acceptors (Lipinski definition) is 3. The molecule has 0 atom stereocenters. The number of halogens is 4. The maximum atomic E-state index is 14.1. The molecule has 36 heavy (non-hydrogen) atoms. The van der Waals surface area contributed by atoms with Gasteiger partial charge in [0.1, 0.15) is 5.82 Å². The van der Waals surface area contributed by atoms with Crippen molar-refractivity contribution in [2.75, 3.05) is 0 Å². The summed E-state index contributed by atoms with van der Waals surface area (Å²) in [4.78, 5) is 12.1. The molecule has 0 heterocycles. The molecule has 0 saturated heterocycles. The summed E-state index contributed by atoms with van der Waals surface area (Å²) < 4.78 is 78.5. The number of Topliss-reactive ketones (excluding diaryl/α,β-unsaturated/α-hetero) is 1. The molecule has 0 bridgehead atoms. The highest BCUT2D eigenvalue weighted by atomic mass is 32.2. The van der Waals surface area contributed by atoms with Crippen molar-refractivity contribution in [1.29, 1.82) is 0 Å². The maximum Gasteiger partial charge on any atom is 0.416 e. The minimum atomic E-state index is -4.61. The Bertz CT molecular complexity index is 1180. The number of benzene rings is 2. The van der Waals surface area contributed by atoms with Crippen LogP contribution in [0.3, 0.4) is 0 Å². The Labute approximate surface area is 211 Å². The Morgan fingerprint density at radius 3 is 2.33 bits per heavy atom. The number of alkyl halides is 3. The number of rotatable bonds is 11. The Hall–Kier alpha value is -2.22. The van der Waals surface area contributed by atoms with Crippen LogP contribution < -0.4 is 0 Å². The Kier molecular flexibility index (Phi) is 8.69. The summed E-state index contributed by atoms with van der Waals surface area (Å²) in [6, 6.07) is 8.61. The van der Waals surface area contributed by atoms with E-state index in [9.17, 15) is 30.8 Å². The number of carbonyl (C=O) groups is 1. The highest BCUT2D eigenvalue weighted by molar-refractivity contribution is 7.92. The number of sulfone groups is 1. The fourth-order valence-electron chi connectivity index (χ4n) is 4.96. The van der Waals surface area contributed by atoms with Gasteiger partial charge in [-0.1, -0.05) is 44.4 Å². The van der Waals surface area contributed by atoms with Crippen LogP contribution in [0.25, 0.3) is 0 Å². The molecular weight excluding hydrogens is 492 g/mol. The first-order valence-corrected chi connectivity index (χ1v) is 14.0. The summed E-state index contributed by atoms with van der Waals surface area (Å²) in [7, 11) is -3.96. The molecule has 0 N–H and O–H groups in total. The van der Waals surface area contributed by atoms with Gasteiger partial charge in [0, 0.05) is 12.0 Å². The predicted octanol–water partition coefficient (Wildman–Crippen LogP) is 7.82. The average Bonchev–Trinajstić information content (AvgIpc) is 2.78. The lowest BCUT2D eigenvalue weighted by atomic mass is 9.67. The van der Waals surface area contributed by atoms with Crippen molar-refractivity contribution in [2.24, 2.45) is 11.8 Å². The van der Waals surface area contributed by atoms with E-state index >= 15 is 0 Å². The minimum Gasteiger partial charge on any atom is -0.294 e. The molecule has 0 unspecified atom stereocenters. The number of ketones is 1. The molecule has 0 amide bonds. The molecule has 1 aliphatic rings. The lowest BCUT2D eigenvalue weighted by molar-refractivity contribution is -0.137.